The SMILES string of the molecule is Cc1nc(SCCNC(=O)COc2ccc(S(=O)(=O)N3CCCCC3)cc2Cl)n[nH]1. The van der Waals surface area contributed by atoms with Crippen LogP contribution in [-0.4, -0.2) is 65.8 Å². The Hall–Kier alpha value is -1.82. The number of hydrogen-bond donors (Lipinski definition) is 2. The first-order valence-corrected chi connectivity index (χ1v) is 12.4. The molecule has 0 radical (unpaired) electrons. The molecule has 12 heteroatoms. The summed E-state index contributed by atoms with van der Waals surface area (Å²) in [6.45, 7) is 3.07. The second-order valence-corrected chi connectivity index (χ2v) is 10.2. The van der Waals surface area contributed by atoms with Crippen LogP contribution < -0.4 is 10.1 Å². The van der Waals surface area contributed by atoms with Crippen LogP contribution in [0.3, 0.4) is 0 Å². The fraction of sp³-hybridized carbons (Fsp3) is 0.500. The van der Waals surface area contributed by atoms with Gasteiger partial charge in [0.2, 0.25) is 15.2 Å². The zero-order chi connectivity index (χ0) is 21.6. The minimum absolute atomic E-state index is 0.130. The number of piperidine rings is 1. The summed E-state index contributed by atoms with van der Waals surface area (Å²) < 4.78 is 32.4. The second kappa shape index (κ2) is 10.5. The zero-order valence-electron chi connectivity index (χ0n) is 16.6. The highest BCUT2D eigenvalue weighted by atomic mass is 35.5. The van der Waals surface area contributed by atoms with Crippen LogP contribution in [0.2, 0.25) is 5.02 Å². The van der Waals surface area contributed by atoms with E-state index in [0.717, 1.165) is 25.1 Å². The molecule has 1 fully saturated rings. The number of nitrogens with zero attached hydrogens (tertiary/aromatic N) is 3. The van der Waals surface area contributed by atoms with Gasteiger partial charge in [-0.05, 0) is 38.0 Å². The van der Waals surface area contributed by atoms with E-state index in [0.29, 0.717) is 30.5 Å². The van der Waals surface area contributed by atoms with Crippen molar-refractivity contribution in [2.24, 2.45) is 0 Å². The summed E-state index contributed by atoms with van der Waals surface area (Å²) in [6.07, 6.45) is 2.76. The van der Waals surface area contributed by atoms with Crippen molar-refractivity contribution < 1.29 is 17.9 Å². The molecule has 1 amide bonds. The van der Waals surface area contributed by atoms with E-state index in [1.807, 2.05) is 6.92 Å². The summed E-state index contributed by atoms with van der Waals surface area (Å²) in [4.78, 5) is 16.2. The number of ether oxygens (including phenoxy) is 1. The van der Waals surface area contributed by atoms with E-state index in [2.05, 4.69) is 20.5 Å². The van der Waals surface area contributed by atoms with Gasteiger partial charge in [0.15, 0.2) is 6.61 Å². The molecule has 0 aliphatic carbocycles. The summed E-state index contributed by atoms with van der Waals surface area (Å²) >= 11 is 7.62. The molecule has 164 valence electrons. The van der Waals surface area contributed by atoms with Gasteiger partial charge in [0.1, 0.15) is 11.6 Å². The molecule has 9 nitrogen and oxygen atoms in total. The van der Waals surface area contributed by atoms with Crippen LogP contribution in [0.25, 0.3) is 0 Å². The van der Waals surface area contributed by atoms with E-state index in [-0.39, 0.29) is 28.2 Å². The van der Waals surface area contributed by atoms with Crippen molar-refractivity contribution in [3.8, 4) is 5.75 Å². The Morgan fingerprint density at radius 3 is 2.77 bits per heavy atom. The molecular weight excluding hydrogens is 450 g/mol. The first-order chi connectivity index (χ1) is 14.4. The van der Waals surface area contributed by atoms with Crippen LogP contribution in [0.1, 0.15) is 25.1 Å². The van der Waals surface area contributed by atoms with Crippen molar-refractivity contribution in [2.45, 2.75) is 36.2 Å². The van der Waals surface area contributed by atoms with E-state index < -0.39 is 10.0 Å². The van der Waals surface area contributed by atoms with Gasteiger partial charge >= 0.3 is 0 Å². The Morgan fingerprint density at radius 2 is 2.10 bits per heavy atom. The number of aromatic amines is 1. The maximum absolute atomic E-state index is 12.7. The van der Waals surface area contributed by atoms with Crippen molar-refractivity contribution in [2.75, 3.05) is 32.0 Å². The molecule has 0 unspecified atom stereocenters. The quantitative estimate of drug-likeness (QED) is 0.423. The van der Waals surface area contributed by atoms with Gasteiger partial charge < -0.3 is 10.1 Å². The maximum atomic E-state index is 12.7. The van der Waals surface area contributed by atoms with Crippen LogP contribution in [0.15, 0.2) is 28.3 Å². The van der Waals surface area contributed by atoms with Gasteiger partial charge in [-0.2, -0.15) is 4.31 Å². The lowest BCUT2D eigenvalue weighted by atomic mass is 10.2. The Kier molecular flexibility index (Phi) is 7.98. The van der Waals surface area contributed by atoms with Gasteiger partial charge in [-0.15, -0.1) is 5.10 Å². The molecule has 0 spiro atoms. The molecule has 0 saturated carbocycles. The Labute approximate surface area is 185 Å². The fourth-order valence-electron chi connectivity index (χ4n) is 2.93. The highest BCUT2D eigenvalue weighted by molar-refractivity contribution is 7.99. The molecule has 2 aromatic rings. The lowest BCUT2D eigenvalue weighted by Crippen LogP contribution is -2.35. The molecule has 1 saturated heterocycles. The molecule has 1 aromatic carbocycles. The molecule has 0 atom stereocenters. The number of halogens is 1. The summed E-state index contributed by atoms with van der Waals surface area (Å²) in [7, 11) is -3.57. The predicted molar refractivity (Wildman–Crippen MR) is 114 cm³/mol. The number of aryl methyl sites for hydroxylation is 1. The Morgan fingerprint density at radius 1 is 1.33 bits per heavy atom. The summed E-state index contributed by atoms with van der Waals surface area (Å²) in [6, 6.07) is 4.31. The van der Waals surface area contributed by atoms with E-state index in [4.69, 9.17) is 16.3 Å². The molecule has 2 N–H and O–H groups in total. The molecule has 1 aliphatic rings. The molecule has 30 heavy (non-hydrogen) atoms. The zero-order valence-corrected chi connectivity index (χ0v) is 18.9. The topological polar surface area (TPSA) is 117 Å². The molecular formula is C18H24ClN5O4S2. The van der Waals surface area contributed by atoms with E-state index in [1.165, 1.54) is 34.3 Å². The van der Waals surface area contributed by atoms with E-state index >= 15 is 0 Å². The highest BCUT2D eigenvalue weighted by Crippen LogP contribution is 2.29. The largest absolute Gasteiger partial charge is 0.482 e. The van der Waals surface area contributed by atoms with Crippen molar-refractivity contribution in [3.63, 3.8) is 0 Å². The monoisotopic (exact) mass is 473 g/mol. The van der Waals surface area contributed by atoms with Crippen molar-refractivity contribution in [1.29, 1.82) is 0 Å². The van der Waals surface area contributed by atoms with Crippen molar-refractivity contribution in [3.05, 3.63) is 29.0 Å². The first-order valence-electron chi connectivity index (χ1n) is 9.57. The fourth-order valence-corrected chi connectivity index (χ4v) is 5.47. The molecule has 1 aliphatic heterocycles. The number of benzene rings is 1. The van der Waals surface area contributed by atoms with Crippen LogP contribution in [0.4, 0.5) is 0 Å². The Bertz CT molecular complexity index is 977. The number of rotatable bonds is 9. The summed E-state index contributed by atoms with van der Waals surface area (Å²) in [5.74, 6) is 1.31. The standard InChI is InChI=1S/C18H24ClN5O4S2/c1-13-21-18(23-22-13)29-10-7-20-17(25)12-28-16-6-5-14(11-15(16)19)30(26,27)24-8-3-2-4-9-24/h5-6,11H,2-4,7-10,12H2,1H3,(H,20,25)(H,21,22,23). The smallest absolute Gasteiger partial charge is 0.257 e. The molecule has 1 aromatic heterocycles. The minimum Gasteiger partial charge on any atom is -0.482 e. The van der Waals surface area contributed by atoms with Crippen molar-refractivity contribution in [1.82, 2.24) is 24.8 Å². The number of amides is 1. The number of sulfonamides is 1. The summed E-state index contributed by atoms with van der Waals surface area (Å²) in [5, 5.41) is 10.3. The van der Waals surface area contributed by atoms with E-state index in [1.54, 1.807) is 0 Å². The van der Waals surface area contributed by atoms with Gasteiger partial charge in [0.05, 0.1) is 9.92 Å². The first kappa shape index (κ1) is 22.9. The number of thioether (sulfide) groups is 1. The number of carbonyl (C=O) groups is 1. The number of H-pyrrole nitrogens is 1. The molecule has 3 rings (SSSR count). The van der Waals surface area contributed by atoms with Crippen LogP contribution in [0.5, 0.6) is 5.75 Å². The Balaban J connectivity index is 1.46. The third-order valence-corrected chi connectivity index (χ3v) is 7.49. The minimum atomic E-state index is -3.57. The van der Waals surface area contributed by atoms with Crippen LogP contribution in [-0.2, 0) is 14.8 Å². The summed E-state index contributed by atoms with van der Waals surface area (Å²) in [5.41, 5.74) is 0. The third-order valence-electron chi connectivity index (χ3n) is 4.45. The van der Waals surface area contributed by atoms with E-state index in [9.17, 15) is 13.2 Å². The second-order valence-electron chi connectivity index (χ2n) is 6.75. The lowest BCUT2D eigenvalue weighted by Gasteiger charge is -2.26. The molecule has 0 bridgehead atoms. The number of hydrogen-bond acceptors (Lipinski definition) is 7. The highest BCUT2D eigenvalue weighted by Gasteiger charge is 2.26. The molecule has 2 heterocycles. The van der Waals surface area contributed by atoms with Gasteiger partial charge in [-0.25, -0.2) is 13.4 Å². The lowest BCUT2D eigenvalue weighted by molar-refractivity contribution is -0.122. The van der Waals surface area contributed by atoms with Crippen molar-refractivity contribution >= 4 is 39.3 Å². The maximum Gasteiger partial charge on any atom is 0.257 e. The average Bonchev–Trinajstić information content (AvgIpc) is 3.16. The third kappa shape index (κ3) is 6.10. The predicted octanol–water partition coefficient (Wildman–Crippen LogP) is 2.23. The van der Waals surface area contributed by atoms with Crippen LogP contribution >= 0.6 is 23.4 Å². The van der Waals surface area contributed by atoms with Crippen LogP contribution in [0, 0.1) is 6.92 Å². The van der Waals surface area contributed by atoms with Gasteiger partial charge in [-0.3, -0.25) is 9.89 Å². The normalized spacial score (nSPS) is 15.1. The van der Waals surface area contributed by atoms with Gasteiger partial charge in [0.25, 0.3) is 5.91 Å². The van der Waals surface area contributed by atoms with Gasteiger partial charge in [-0.1, -0.05) is 29.8 Å². The average molecular weight is 474 g/mol. The number of aromatic nitrogens is 3. The number of carbonyl (C=O) groups excluding carboxylic acids is 1. The number of nitrogens with one attached hydrogen (secondary N) is 2. The van der Waals surface area contributed by atoms with Gasteiger partial charge in [0, 0.05) is 25.4 Å².